The van der Waals surface area contributed by atoms with Crippen molar-refractivity contribution in [1.29, 1.82) is 0 Å². The van der Waals surface area contributed by atoms with Crippen LogP contribution in [0.15, 0.2) is 36.4 Å². The predicted octanol–water partition coefficient (Wildman–Crippen LogP) is 4.64. The molecule has 1 aliphatic heterocycles. The van der Waals surface area contributed by atoms with Gasteiger partial charge in [0.15, 0.2) is 11.5 Å². The van der Waals surface area contributed by atoms with Crippen LogP contribution in [0.3, 0.4) is 0 Å². The zero-order valence-corrected chi connectivity index (χ0v) is 18.1. The first-order valence-electron chi connectivity index (χ1n) is 10.3. The van der Waals surface area contributed by atoms with Crippen molar-refractivity contribution in [2.75, 3.05) is 46.4 Å². The van der Waals surface area contributed by atoms with E-state index in [4.69, 9.17) is 21.1 Å². The number of benzene rings is 2. The summed E-state index contributed by atoms with van der Waals surface area (Å²) >= 11 is 6.09. The number of rotatable bonds is 9. The fraction of sp³-hybridized carbons (Fsp3) is 0.478. The zero-order valence-electron chi connectivity index (χ0n) is 17.3. The Labute approximate surface area is 178 Å². The monoisotopic (exact) mass is 420 g/mol. The molecule has 0 amide bonds. The summed E-state index contributed by atoms with van der Waals surface area (Å²) in [5.41, 5.74) is 1.99. The van der Waals surface area contributed by atoms with Gasteiger partial charge in [-0.25, -0.2) is 4.39 Å². The third-order valence-electron chi connectivity index (χ3n) is 5.24. The summed E-state index contributed by atoms with van der Waals surface area (Å²) in [6, 6.07) is 10.4. The molecule has 1 heterocycles. The molecule has 0 N–H and O–H groups in total. The van der Waals surface area contributed by atoms with E-state index in [1.165, 1.54) is 17.7 Å². The third-order valence-corrected chi connectivity index (χ3v) is 5.59. The minimum Gasteiger partial charge on any atom is -0.490 e. The van der Waals surface area contributed by atoms with Crippen LogP contribution < -0.4 is 9.47 Å². The maximum atomic E-state index is 13.2. The van der Waals surface area contributed by atoms with Gasteiger partial charge < -0.3 is 19.3 Å². The number of ether oxygens (including phenoxy) is 2. The summed E-state index contributed by atoms with van der Waals surface area (Å²) in [4.78, 5) is 4.91. The molecular weight excluding hydrogens is 391 g/mol. The van der Waals surface area contributed by atoms with E-state index in [9.17, 15) is 4.39 Å². The highest BCUT2D eigenvalue weighted by atomic mass is 35.5. The quantitative estimate of drug-likeness (QED) is 0.590. The molecule has 0 aliphatic carbocycles. The topological polar surface area (TPSA) is 24.9 Å². The highest BCUT2D eigenvalue weighted by molar-refractivity contribution is 6.31. The van der Waals surface area contributed by atoms with Crippen LogP contribution in [0.2, 0.25) is 5.02 Å². The first-order valence-corrected chi connectivity index (χ1v) is 10.7. The minimum absolute atomic E-state index is 0.266. The molecule has 6 heteroatoms. The summed E-state index contributed by atoms with van der Waals surface area (Å²) in [6.07, 6.45) is 2.14. The highest BCUT2D eigenvalue weighted by Gasteiger charge is 2.13. The van der Waals surface area contributed by atoms with Crippen LogP contribution in [0, 0.1) is 5.82 Å². The molecule has 1 aliphatic rings. The van der Waals surface area contributed by atoms with Gasteiger partial charge in [0.2, 0.25) is 0 Å². The molecular formula is C23H30ClFN2O2. The molecule has 0 atom stereocenters. The van der Waals surface area contributed by atoms with Crippen molar-refractivity contribution < 1.29 is 13.9 Å². The van der Waals surface area contributed by atoms with Gasteiger partial charge in [-0.15, -0.1) is 0 Å². The zero-order chi connectivity index (χ0) is 20.6. The van der Waals surface area contributed by atoms with Gasteiger partial charge in [0.05, 0.1) is 11.6 Å². The van der Waals surface area contributed by atoms with Gasteiger partial charge in [-0.3, -0.25) is 0 Å². The van der Waals surface area contributed by atoms with E-state index >= 15 is 0 Å². The second-order valence-electron chi connectivity index (χ2n) is 7.49. The molecule has 0 aromatic heterocycles. The van der Waals surface area contributed by atoms with Crippen molar-refractivity contribution in [2.45, 2.75) is 26.4 Å². The number of aryl methyl sites for hydroxylation is 1. The predicted molar refractivity (Wildman–Crippen MR) is 116 cm³/mol. The molecule has 0 saturated carbocycles. The van der Waals surface area contributed by atoms with Crippen LogP contribution in [0.1, 0.15) is 24.5 Å². The first kappa shape index (κ1) is 21.9. The number of likely N-dealkylation sites (N-methyl/N-ethyl adjacent to an activating group) is 1. The number of piperazine rings is 1. The molecule has 1 fully saturated rings. The number of hydrogen-bond donors (Lipinski definition) is 0. The van der Waals surface area contributed by atoms with Gasteiger partial charge in [0.25, 0.3) is 0 Å². The largest absolute Gasteiger partial charge is 0.490 e. The van der Waals surface area contributed by atoms with E-state index in [0.29, 0.717) is 17.4 Å². The summed E-state index contributed by atoms with van der Waals surface area (Å²) < 4.78 is 24.9. The van der Waals surface area contributed by atoms with Gasteiger partial charge in [-0.05, 0) is 63.2 Å². The Bertz CT molecular complexity index is 794. The second-order valence-corrected chi connectivity index (χ2v) is 7.89. The van der Waals surface area contributed by atoms with Crippen molar-refractivity contribution in [1.82, 2.24) is 9.80 Å². The summed E-state index contributed by atoms with van der Waals surface area (Å²) in [5.74, 6) is 1.06. The fourth-order valence-corrected chi connectivity index (χ4v) is 3.69. The molecule has 2 aromatic rings. The maximum Gasteiger partial charge on any atom is 0.161 e. The lowest BCUT2D eigenvalue weighted by molar-refractivity contribution is 0.153. The van der Waals surface area contributed by atoms with Crippen molar-refractivity contribution in [3.63, 3.8) is 0 Å². The Morgan fingerprint density at radius 1 is 1.00 bits per heavy atom. The van der Waals surface area contributed by atoms with Crippen LogP contribution in [-0.2, 0) is 13.0 Å². The van der Waals surface area contributed by atoms with E-state index in [1.54, 1.807) is 6.07 Å². The second kappa shape index (κ2) is 10.8. The normalized spacial score (nSPS) is 15.4. The third kappa shape index (κ3) is 6.59. The average Bonchev–Trinajstić information content (AvgIpc) is 2.70. The number of halogens is 2. The van der Waals surface area contributed by atoms with Gasteiger partial charge in [0, 0.05) is 31.7 Å². The SMILES string of the molecule is CCOc1cc(CCCN2CCN(C)CC2)ccc1OCc1ccc(F)cc1Cl. The molecule has 1 saturated heterocycles. The summed E-state index contributed by atoms with van der Waals surface area (Å²) in [7, 11) is 2.18. The lowest BCUT2D eigenvalue weighted by Crippen LogP contribution is -2.44. The molecule has 29 heavy (non-hydrogen) atoms. The van der Waals surface area contributed by atoms with Crippen LogP contribution in [-0.4, -0.2) is 56.2 Å². The Kier molecular flexibility index (Phi) is 8.16. The molecule has 2 aromatic carbocycles. The van der Waals surface area contributed by atoms with E-state index in [2.05, 4.69) is 29.0 Å². The molecule has 3 rings (SSSR count). The molecule has 0 unspecified atom stereocenters. The fourth-order valence-electron chi connectivity index (χ4n) is 3.47. The molecule has 0 radical (unpaired) electrons. The van der Waals surface area contributed by atoms with E-state index in [1.807, 2.05) is 13.0 Å². The Morgan fingerprint density at radius 2 is 1.79 bits per heavy atom. The van der Waals surface area contributed by atoms with Crippen molar-refractivity contribution in [2.24, 2.45) is 0 Å². The summed E-state index contributed by atoms with van der Waals surface area (Å²) in [6.45, 7) is 8.52. The number of nitrogens with zero attached hydrogens (tertiary/aromatic N) is 2. The Balaban J connectivity index is 1.56. The van der Waals surface area contributed by atoms with Crippen molar-refractivity contribution in [3.05, 3.63) is 58.4 Å². The van der Waals surface area contributed by atoms with Crippen LogP contribution in [0.25, 0.3) is 0 Å². The standard InChI is InChI=1S/C23H30ClFN2O2/c1-3-28-23-15-18(5-4-10-27-13-11-26(2)12-14-27)6-9-22(23)29-17-19-7-8-20(25)16-21(19)24/h6-9,15-16H,3-5,10-14,17H2,1-2H3. The summed E-state index contributed by atoms with van der Waals surface area (Å²) in [5, 5.41) is 0.364. The van der Waals surface area contributed by atoms with E-state index < -0.39 is 0 Å². The van der Waals surface area contributed by atoms with Gasteiger partial charge in [0.1, 0.15) is 12.4 Å². The number of hydrogen-bond acceptors (Lipinski definition) is 4. The van der Waals surface area contributed by atoms with Crippen LogP contribution in [0.5, 0.6) is 11.5 Å². The Hall–Kier alpha value is -1.82. The van der Waals surface area contributed by atoms with E-state index in [-0.39, 0.29) is 12.4 Å². The van der Waals surface area contributed by atoms with Gasteiger partial charge in [-0.1, -0.05) is 23.7 Å². The molecule has 0 bridgehead atoms. The van der Waals surface area contributed by atoms with Crippen LogP contribution in [0.4, 0.5) is 4.39 Å². The average molecular weight is 421 g/mol. The molecule has 4 nitrogen and oxygen atoms in total. The van der Waals surface area contributed by atoms with Gasteiger partial charge >= 0.3 is 0 Å². The van der Waals surface area contributed by atoms with E-state index in [0.717, 1.165) is 56.9 Å². The highest BCUT2D eigenvalue weighted by Crippen LogP contribution is 2.30. The smallest absolute Gasteiger partial charge is 0.161 e. The van der Waals surface area contributed by atoms with Crippen LogP contribution >= 0.6 is 11.6 Å². The molecule has 158 valence electrons. The lowest BCUT2D eigenvalue weighted by atomic mass is 10.1. The Morgan fingerprint density at radius 3 is 2.52 bits per heavy atom. The van der Waals surface area contributed by atoms with Gasteiger partial charge in [-0.2, -0.15) is 0 Å². The van der Waals surface area contributed by atoms with Crippen molar-refractivity contribution in [3.8, 4) is 11.5 Å². The van der Waals surface area contributed by atoms with Crippen molar-refractivity contribution >= 4 is 11.6 Å². The molecule has 0 spiro atoms. The minimum atomic E-state index is -0.352. The lowest BCUT2D eigenvalue weighted by Gasteiger charge is -2.32. The first-order chi connectivity index (χ1) is 14.0. The maximum absolute atomic E-state index is 13.2.